The Kier molecular flexibility index (Phi) is 4.46. The standard InChI is InChI=1S/C18H17N5O3S/c24-18-7-3-14-10-15(4-5-16(14)22-18)27(25,26)21-12-13-2-6-17(19-11-13)23-9-1-8-20-23/h1-2,4-6,8-11,21H,3,7,12H2,(H,22,24). The second-order valence-corrected chi connectivity index (χ2v) is 7.93. The minimum atomic E-state index is -3.67. The van der Waals surface area contributed by atoms with Gasteiger partial charge < -0.3 is 5.32 Å². The van der Waals surface area contributed by atoms with Crippen molar-refractivity contribution in [1.82, 2.24) is 19.5 Å². The Hall–Kier alpha value is -3.04. The molecule has 2 N–H and O–H groups in total. The van der Waals surface area contributed by atoms with E-state index in [1.165, 1.54) is 6.07 Å². The van der Waals surface area contributed by atoms with Gasteiger partial charge in [-0.1, -0.05) is 6.07 Å². The molecule has 0 atom stereocenters. The van der Waals surface area contributed by atoms with Crippen LogP contribution < -0.4 is 10.0 Å². The van der Waals surface area contributed by atoms with Crippen LogP contribution in [0.25, 0.3) is 5.82 Å². The number of pyridine rings is 1. The van der Waals surface area contributed by atoms with Crippen molar-refractivity contribution in [2.24, 2.45) is 0 Å². The fraction of sp³-hybridized carbons (Fsp3) is 0.167. The van der Waals surface area contributed by atoms with Crippen molar-refractivity contribution >= 4 is 21.6 Å². The molecule has 0 aliphatic carbocycles. The van der Waals surface area contributed by atoms with E-state index in [-0.39, 0.29) is 17.3 Å². The molecule has 1 aromatic carbocycles. The minimum absolute atomic E-state index is 0.0534. The molecule has 0 spiro atoms. The first kappa shape index (κ1) is 17.4. The summed E-state index contributed by atoms with van der Waals surface area (Å²) < 4.78 is 29.4. The van der Waals surface area contributed by atoms with Crippen LogP contribution in [0.5, 0.6) is 0 Å². The van der Waals surface area contributed by atoms with Crippen molar-refractivity contribution in [2.45, 2.75) is 24.3 Å². The predicted octanol–water partition coefficient (Wildman–Crippen LogP) is 1.63. The molecule has 4 rings (SSSR count). The van der Waals surface area contributed by atoms with Gasteiger partial charge >= 0.3 is 0 Å². The van der Waals surface area contributed by atoms with E-state index in [2.05, 4.69) is 20.1 Å². The Balaban J connectivity index is 1.46. The van der Waals surface area contributed by atoms with Gasteiger partial charge in [-0.3, -0.25) is 4.79 Å². The van der Waals surface area contributed by atoms with Crippen LogP contribution in [0.1, 0.15) is 17.5 Å². The van der Waals surface area contributed by atoms with Gasteiger partial charge in [-0.25, -0.2) is 22.8 Å². The lowest BCUT2D eigenvalue weighted by molar-refractivity contribution is -0.116. The third-order valence-electron chi connectivity index (χ3n) is 4.30. The fourth-order valence-electron chi connectivity index (χ4n) is 2.85. The third-order valence-corrected chi connectivity index (χ3v) is 5.70. The van der Waals surface area contributed by atoms with Crippen LogP contribution in [0.2, 0.25) is 0 Å². The van der Waals surface area contributed by atoms with Gasteiger partial charge in [-0.05, 0) is 47.9 Å². The van der Waals surface area contributed by atoms with E-state index < -0.39 is 10.0 Å². The molecular weight excluding hydrogens is 366 g/mol. The molecule has 9 heteroatoms. The van der Waals surface area contributed by atoms with Crippen molar-refractivity contribution in [2.75, 3.05) is 5.32 Å². The molecular formula is C18H17N5O3S. The van der Waals surface area contributed by atoms with E-state index in [0.29, 0.717) is 24.3 Å². The maximum atomic E-state index is 12.6. The zero-order valence-corrected chi connectivity index (χ0v) is 15.1. The number of aryl methyl sites for hydroxylation is 1. The van der Waals surface area contributed by atoms with Gasteiger partial charge in [-0.15, -0.1) is 0 Å². The first-order valence-electron chi connectivity index (χ1n) is 8.39. The molecule has 0 bridgehead atoms. The fourth-order valence-corrected chi connectivity index (χ4v) is 3.92. The Labute approximate surface area is 156 Å². The summed E-state index contributed by atoms with van der Waals surface area (Å²) in [5.74, 6) is 0.602. The van der Waals surface area contributed by atoms with Crippen molar-refractivity contribution < 1.29 is 13.2 Å². The molecule has 0 fully saturated rings. The average molecular weight is 383 g/mol. The second kappa shape index (κ2) is 6.93. The molecule has 1 amide bonds. The largest absolute Gasteiger partial charge is 0.326 e. The topological polar surface area (TPSA) is 106 Å². The Morgan fingerprint density at radius 3 is 2.81 bits per heavy atom. The van der Waals surface area contributed by atoms with E-state index in [4.69, 9.17) is 0 Å². The summed E-state index contributed by atoms with van der Waals surface area (Å²) in [4.78, 5) is 15.9. The van der Waals surface area contributed by atoms with Crippen molar-refractivity contribution in [1.29, 1.82) is 0 Å². The number of carbonyl (C=O) groups is 1. The molecule has 1 aliphatic heterocycles. The molecule has 2 aromatic heterocycles. The highest BCUT2D eigenvalue weighted by atomic mass is 32.2. The van der Waals surface area contributed by atoms with Gasteiger partial charge in [0.1, 0.15) is 0 Å². The number of aromatic nitrogens is 3. The van der Waals surface area contributed by atoms with Crippen LogP contribution >= 0.6 is 0 Å². The summed E-state index contributed by atoms with van der Waals surface area (Å²) in [6, 6.07) is 10.1. The van der Waals surface area contributed by atoms with E-state index in [0.717, 1.165) is 11.1 Å². The van der Waals surface area contributed by atoms with Crippen molar-refractivity contribution in [3.05, 3.63) is 66.1 Å². The molecule has 27 heavy (non-hydrogen) atoms. The zero-order valence-electron chi connectivity index (χ0n) is 14.3. The van der Waals surface area contributed by atoms with E-state index in [1.54, 1.807) is 53.6 Å². The van der Waals surface area contributed by atoms with Crippen molar-refractivity contribution in [3.63, 3.8) is 0 Å². The highest BCUT2D eigenvalue weighted by Crippen LogP contribution is 2.25. The number of anilines is 1. The van der Waals surface area contributed by atoms with Gasteiger partial charge in [0, 0.05) is 37.2 Å². The molecule has 0 radical (unpaired) electrons. The number of amides is 1. The summed E-state index contributed by atoms with van der Waals surface area (Å²) in [5.41, 5.74) is 2.23. The number of carbonyl (C=O) groups excluding carboxylic acids is 1. The zero-order chi connectivity index (χ0) is 18.9. The smallest absolute Gasteiger partial charge is 0.240 e. The summed E-state index contributed by atoms with van der Waals surface area (Å²) >= 11 is 0. The minimum Gasteiger partial charge on any atom is -0.326 e. The van der Waals surface area contributed by atoms with Crippen LogP contribution in [0.4, 0.5) is 5.69 Å². The van der Waals surface area contributed by atoms with Gasteiger partial charge in [0.25, 0.3) is 0 Å². The Bertz CT molecular complexity index is 1080. The molecule has 0 saturated heterocycles. The van der Waals surface area contributed by atoms with Crippen LogP contribution in [-0.4, -0.2) is 29.1 Å². The van der Waals surface area contributed by atoms with Crippen LogP contribution in [0, 0.1) is 0 Å². The number of nitrogens with one attached hydrogen (secondary N) is 2. The van der Waals surface area contributed by atoms with Crippen LogP contribution in [0.15, 0.2) is 59.9 Å². The summed E-state index contributed by atoms with van der Waals surface area (Å²) in [5, 5.41) is 6.84. The second-order valence-electron chi connectivity index (χ2n) is 6.17. The maximum Gasteiger partial charge on any atom is 0.240 e. The third kappa shape index (κ3) is 3.74. The lowest BCUT2D eigenvalue weighted by Gasteiger charge is -2.17. The lowest BCUT2D eigenvalue weighted by Crippen LogP contribution is -2.24. The van der Waals surface area contributed by atoms with Gasteiger partial charge in [-0.2, -0.15) is 5.10 Å². The summed E-state index contributed by atoms with van der Waals surface area (Å²) in [7, 11) is -3.67. The average Bonchev–Trinajstić information content (AvgIpc) is 3.21. The summed E-state index contributed by atoms with van der Waals surface area (Å²) in [6.45, 7) is 0.128. The summed E-state index contributed by atoms with van der Waals surface area (Å²) in [6.07, 6.45) is 5.94. The molecule has 0 unspecified atom stereocenters. The quantitative estimate of drug-likeness (QED) is 0.697. The molecule has 3 aromatic rings. The highest BCUT2D eigenvalue weighted by Gasteiger charge is 2.19. The monoisotopic (exact) mass is 383 g/mol. The predicted molar refractivity (Wildman–Crippen MR) is 98.8 cm³/mol. The maximum absolute atomic E-state index is 12.6. The molecule has 8 nitrogen and oxygen atoms in total. The van der Waals surface area contributed by atoms with E-state index >= 15 is 0 Å². The first-order valence-corrected chi connectivity index (χ1v) is 9.87. The van der Waals surface area contributed by atoms with E-state index in [9.17, 15) is 13.2 Å². The number of rotatable bonds is 5. The number of benzene rings is 1. The normalized spacial score (nSPS) is 13.9. The number of sulfonamides is 1. The van der Waals surface area contributed by atoms with Crippen molar-refractivity contribution in [3.8, 4) is 5.82 Å². The van der Waals surface area contributed by atoms with Gasteiger partial charge in [0.2, 0.25) is 15.9 Å². The van der Waals surface area contributed by atoms with Crippen LogP contribution in [-0.2, 0) is 27.8 Å². The van der Waals surface area contributed by atoms with Gasteiger partial charge in [0.05, 0.1) is 4.90 Å². The molecule has 138 valence electrons. The Morgan fingerprint density at radius 2 is 2.07 bits per heavy atom. The van der Waals surface area contributed by atoms with Gasteiger partial charge in [0.15, 0.2) is 5.82 Å². The Morgan fingerprint density at radius 1 is 1.19 bits per heavy atom. The molecule has 0 saturated carbocycles. The number of hydrogen-bond acceptors (Lipinski definition) is 5. The number of nitrogens with zero attached hydrogens (tertiary/aromatic N) is 3. The first-order chi connectivity index (χ1) is 13.0. The van der Waals surface area contributed by atoms with Crippen LogP contribution in [0.3, 0.4) is 0 Å². The van der Waals surface area contributed by atoms with E-state index in [1.807, 2.05) is 0 Å². The molecule has 3 heterocycles. The SMILES string of the molecule is O=C1CCc2cc(S(=O)(=O)NCc3ccc(-n4cccn4)nc3)ccc2N1. The highest BCUT2D eigenvalue weighted by molar-refractivity contribution is 7.89. The lowest BCUT2D eigenvalue weighted by atomic mass is 10.0. The number of hydrogen-bond donors (Lipinski definition) is 2. The number of fused-ring (bicyclic) bond motifs is 1. The molecule has 1 aliphatic rings.